The van der Waals surface area contributed by atoms with Crippen LogP contribution in [0.2, 0.25) is 0 Å². The van der Waals surface area contributed by atoms with Crippen molar-refractivity contribution in [3.8, 4) is 0 Å². The van der Waals surface area contributed by atoms with E-state index in [1.807, 2.05) is 0 Å². The van der Waals surface area contributed by atoms with Gasteiger partial charge in [-0.3, -0.25) is 4.79 Å². The lowest BCUT2D eigenvalue weighted by Crippen LogP contribution is -2.34. The van der Waals surface area contributed by atoms with Gasteiger partial charge in [0.1, 0.15) is 0 Å². The quantitative estimate of drug-likeness (QED) is 0.846. The van der Waals surface area contributed by atoms with Crippen molar-refractivity contribution in [2.24, 2.45) is 17.3 Å². The molecule has 134 valence electrons. The second-order valence-electron chi connectivity index (χ2n) is 7.94. The van der Waals surface area contributed by atoms with E-state index in [0.29, 0.717) is 11.3 Å². The molecule has 1 aromatic rings. The number of carbonyl (C=O) groups excluding carboxylic acids is 1. The summed E-state index contributed by atoms with van der Waals surface area (Å²) in [4.78, 5) is 12.5. The van der Waals surface area contributed by atoms with Gasteiger partial charge in [0.2, 0.25) is 5.91 Å². The summed E-state index contributed by atoms with van der Waals surface area (Å²) in [7, 11) is 0. The van der Waals surface area contributed by atoms with Crippen molar-refractivity contribution in [2.45, 2.75) is 52.5 Å². The molecule has 2 atom stereocenters. The van der Waals surface area contributed by atoms with E-state index < -0.39 is 0 Å². The first-order valence-electron chi connectivity index (χ1n) is 9.10. The second-order valence-corrected chi connectivity index (χ2v) is 7.94. The predicted molar refractivity (Wildman–Crippen MR) is 101 cm³/mol. The molecule has 3 nitrogen and oxygen atoms in total. The Bertz CT molecular complexity index is 549. The Balaban J connectivity index is 0.00000208. The van der Waals surface area contributed by atoms with E-state index in [0.717, 1.165) is 38.8 Å². The van der Waals surface area contributed by atoms with Gasteiger partial charge in [-0.1, -0.05) is 38.1 Å². The van der Waals surface area contributed by atoms with Gasteiger partial charge >= 0.3 is 0 Å². The van der Waals surface area contributed by atoms with Crippen LogP contribution in [0.5, 0.6) is 0 Å². The Morgan fingerprint density at radius 2 is 1.83 bits per heavy atom. The minimum atomic E-state index is 0. The third-order valence-electron chi connectivity index (χ3n) is 5.59. The summed E-state index contributed by atoms with van der Waals surface area (Å²) in [6, 6.07) is 8.81. The molecule has 1 aromatic carbocycles. The maximum Gasteiger partial charge on any atom is 0.224 e. The largest absolute Gasteiger partial charge is 0.349 e. The van der Waals surface area contributed by atoms with Crippen molar-refractivity contribution >= 4 is 18.3 Å². The molecule has 1 saturated heterocycles. The van der Waals surface area contributed by atoms with Crippen LogP contribution in [0.25, 0.3) is 0 Å². The first-order valence-corrected chi connectivity index (χ1v) is 9.10. The van der Waals surface area contributed by atoms with Crippen molar-refractivity contribution in [1.82, 2.24) is 10.6 Å². The summed E-state index contributed by atoms with van der Waals surface area (Å²) in [6.07, 6.45) is 4.51. The molecular formula is C20H31ClN2O. The van der Waals surface area contributed by atoms with Crippen molar-refractivity contribution in [3.63, 3.8) is 0 Å². The number of piperidine rings is 1. The Morgan fingerprint density at radius 1 is 1.21 bits per heavy atom. The SMILES string of the molecule is CC(C)Cc1ccc(C(C)NC(=O)C2CC23CCNCC3)cc1.Cl. The molecule has 0 bridgehead atoms. The summed E-state index contributed by atoms with van der Waals surface area (Å²) in [5.41, 5.74) is 2.89. The molecule has 1 amide bonds. The number of hydrogen-bond acceptors (Lipinski definition) is 2. The van der Waals surface area contributed by atoms with Crippen LogP contribution < -0.4 is 10.6 Å². The van der Waals surface area contributed by atoms with Gasteiger partial charge in [0, 0.05) is 5.92 Å². The van der Waals surface area contributed by atoms with Gasteiger partial charge in [0.05, 0.1) is 6.04 Å². The van der Waals surface area contributed by atoms with Crippen LogP contribution in [0.3, 0.4) is 0 Å². The highest BCUT2D eigenvalue weighted by atomic mass is 35.5. The molecule has 3 rings (SSSR count). The van der Waals surface area contributed by atoms with Gasteiger partial charge in [-0.2, -0.15) is 0 Å². The van der Waals surface area contributed by atoms with E-state index in [4.69, 9.17) is 0 Å². The molecule has 4 heteroatoms. The molecule has 1 aliphatic carbocycles. The highest BCUT2D eigenvalue weighted by Crippen LogP contribution is 2.58. The van der Waals surface area contributed by atoms with Crippen molar-refractivity contribution in [2.75, 3.05) is 13.1 Å². The lowest BCUT2D eigenvalue weighted by atomic mass is 9.91. The fraction of sp³-hybridized carbons (Fsp3) is 0.650. The van der Waals surface area contributed by atoms with Crippen molar-refractivity contribution < 1.29 is 4.79 Å². The van der Waals surface area contributed by atoms with Crippen LogP contribution in [-0.4, -0.2) is 19.0 Å². The molecule has 1 spiro atoms. The topological polar surface area (TPSA) is 41.1 Å². The molecule has 0 radical (unpaired) electrons. The van der Waals surface area contributed by atoms with Gasteiger partial charge < -0.3 is 10.6 Å². The molecule has 1 heterocycles. The second kappa shape index (κ2) is 7.88. The number of benzene rings is 1. The number of hydrogen-bond donors (Lipinski definition) is 2. The summed E-state index contributed by atoms with van der Waals surface area (Å²) < 4.78 is 0. The van der Waals surface area contributed by atoms with Crippen LogP contribution in [0.4, 0.5) is 0 Å². The monoisotopic (exact) mass is 350 g/mol. The third-order valence-corrected chi connectivity index (χ3v) is 5.59. The minimum absolute atomic E-state index is 0. The van der Waals surface area contributed by atoms with Crippen LogP contribution in [-0.2, 0) is 11.2 Å². The third kappa shape index (κ3) is 4.31. The lowest BCUT2D eigenvalue weighted by Gasteiger charge is -2.24. The normalized spacial score (nSPS) is 22.8. The number of halogens is 1. The fourth-order valence-corrected chi connectivity index (χ4v) is 4.01. The first-order chi connectivity index (χ1) is 11.0. The molecule has 2 fully saturated rings. The molecule has 2 unspecified atom stereocenters. The van der Waals surface area contributed by atoms with Crippen molar-refractivity contribution in [1.29, 1.82) is 0 Å². The van der Waals surface area contributed by atoms with Crippen LogP contribution in [0, 0.1) is 17.3 Å². The zero-order chi connectivity index (χ0) is 16.4. The van der Waals surface area contributed by atoms with Gasteiger partial charge in [0.25, 0.3) is 0 Å². The number of carbonyl (C=O) groups is 1. The van der Waals surface area contributed by atoms with Gasteiger partial charge in [-0.05, 0) is 68.2 Å². The molecule has 1 saturated carbocycles. The Hall–Kier alpha value is -1.06. The number of nitrogens with one attached hydrogen (secondary N) is 2. The molecule has 0 aromatic heterocycles. The smallest absolute Gasteiger partial charge is 0.224 e. The summed E-state index contributed by atoms with van der Waals surface area (Å²) in [5, 5.41) is 6.62. The number of amides is 1. The van der Waals surface area contributed by atoms with E-state index in [-0.39, 0.29) is 30.3 Å². The van der Waals surface area contributed by atoms with Crippen LogP contribution in [0.15, 0.2) is 24.3 Å². The maximum absolute atomic E-state index is 12.5. The van der Waals surface area contributed by atoms with Crippen molar-refractivity contribution in [3.05, 3.63) is 35.4 Å². The summed E-state index contributed by atoms with van der Waals surface area (Å²) in [5.74, 6) is 1.17. The zero-order valence-electron chi connectivity index (χ0n) is 15.1. The zero-order valence-corrected chi connectivity index (χ0v) is 15.9. The molecule has 2 aliphatic rings. The van der Waals surface area contributed by atoms with E-state index in [1.165, 1.54) is 11.1 Å². The average molecular weight is 351 g/mol. The molecule has 1 aliphatic heterocycles. The van der Waals surface area contributed by atoms with E-state index in [9.17, 15) is 4.79 Å². The minimum Gasteiger partial charge on any atom is -0.349 e. The highest BCUT2D eigenvalue weighted by Gasteiger charge is 2.57. The first kappa shape index (κ1) is 19.3. The van der Waals surface area contributed by atoms with E-state index in [2.05, 4.69) is 55.7 Å². The van der Waals surface area contributed by atoms with E-state index in [1.54, 1.807) is 0 Å². The Morgan fingerprint density at radius 3 is 2.42 bits per heavy atom. The standard InChI is InChI=1S/C20H30N2O.ClH/c1-14(2)12-16-4-6-17(7-5-16)15(3)22-19(23)18-13-20(18)8-10-21-11-9-20;/h4-7,14-15,18,21H,8-13H2,1-3H3,(H,22,23);1H. The highest BCUT2D eigenvalue weighted by molar-refractivity contribution is 5.85. The summed E-state index contributed by atoms with van der Waals surface area (Å²) in [6.45, 7) is 8.70. The van der Waals surface area contributed by atoms with E-state index >= 15 is 0 Å². The van der Waals surface area contributed by atoms with Gasteiger partial charge in [0.15, 0.2) is 0 Å². The predicted octanol–water partition coefficient (Wildman–Crippen LogP) is 3.87. The Labute approximate surface area is 152 Å². The average Bonchev–Trinajstić information content (AvgIpc) is 3.21. The maximum atomic E-state index is 12.5. The fourth-order valence-electron chi connectivity index (χ4n) is 4.01. The number of rotatable bonds is 5. The van der Waals surface area contributed by atoms with Crippen LogP contribution in [0.1, 0.15) is 57.2 Å². The summed E-state index contributed by atoms with van der Waals surface area (Å²) >= 11 is 0. The molecule has 24 heavy (non-hydrogen) atoms. The Kier molecular flexibility index (Phi) is 6.33. The van der Waals surface area contributed by atoms with Gasteiger partial charge in [-0.25, -0.2) is 0 Å². The van der Waals surface area contributed by atoms with Gasteiger partial charge in [-0.15, -0.1) is 12.4 Å². The molecule has 2 N–H and O–H groups in total. The lowest BCUT2D eigenvalue weighted by molar-refractivity contribution is -0.123. The van der Waals surface area contributed by atoms with Crippen LogP contribution >= 0.6 is 12.4 Å². The molecular weight excluding hydrogens is 320 g/mol.